The zero-order valence-electron chi connectivity index (χ0n) is 14.1. The molecular weight excluding hydrogens is 336 g/mol. The van der Waals surface area contributed by atoms with Crippen molar-refractivity contribution in [1.82, 2.24) is 9.88 Å². The largest absolute Gasteiger partial charge is 0.485 e. The predicted molar refractivity (Wildman–Crippen MR) is 99.6 cm³/mol. The first-order valence-electron chi connectivity index (χ1n) is 8.74. The van der Waals surface area contributed by atoms with Crippen molar-refractivity contribution in [2.45, 2.75) is 25.4 Å². The van der Waals surface area contributed by atoms with Crippen LogP contribution >= 0.6 is 11.3 Å². The number of ether oxygens (including phenoxy) is 1. The van der Waals surface area contributed by atoms with E-state index < -0.39 is 0 Å². The normalized spacial score (nSPS) is 20.1. The molecule has 7 heteroatoms. The van der Waals surface area contributed by atoms with Crippen LogP contribution in [0.5, 0.6) is 5.75 Å². The van der Waals surface area contributed by atoms with E-state index in [0.717, 1.165) is 36.8 Å². The summed E-state index contributed by atoms with van der Waals surface area (Å²) in [6, 6.07) is 5.74. The highest BCUT2D eigenvalue weighted by molar-refractivity contribution is 7.08. The highest BCUT2D eigenvalue weighted by atomic mass is 32.1. The van der Waals surface area contributed by atoms with E-state index in [2.05, 4.69) is 15.2 Å². The number of nitrogens with zero attached hydrogens (tertiary/aromatic N) is 3. The van der Waals surface area contributed by atoms with Crippen molar-refractivity contribution in [3.63, 3.8) is 0 Å². The summed E-state index contributed by atoms with van der Waals surface area (Å²) in [4.78, 5) is 20.9. The topological polar surface area (TPSA) is 57.7 Å². The van der Waals surface area contributed by atoms with Gasteiger partial charge >= 0.3 is 6.03 Å². The average molecular weight is 358 g/mol. The van der Waals surface area contributed by atoms with Crippen LogP contribution in [0.15, 0.2) is 35.2 Å². The van der Waals surface area contributed by atoms with Crippen LogP contribution < -0.4 is 15.0 Å². The number of anilines is 2. The van der Waals surface area contributed by atoms with Gasteiger partial charge in [-0.25, -0.2) is 9.78 Å². The summed E-state index contributed by atoms with van der Waals surface area (Å²) in [5.74, 6) is 1.76. The summed E-state index contributed by atoms with van der Waals surface area (Å²) in [5, 5.41) is 6.81. The van der Waals surface area contributed by atoms with Crippen molar-refractivity contribution >= 4 is 28.9 Å². The third-order valence-electron chi connectivity index (χ3n) is 4.65. The SMILES string of the molecule is O=C(Nc1ccsc1)N1CC[C@@H](Oc2cccnc2N2CCCC2)C1. The zero-order valence-corrected chi connectivity index (χ0v) is 14.9. The van der Waals surface area contributed by atoms with Gasteiger partial charge in [-0.15, -0.1) is 0 Å². The Morgan fingerprint density at radius 2 is 2.16 bits per heavy atom. The zero-order chi connectivity index (χ0) is 17.1. The lowest BCUT2D eigenvalue weighted by Crippen LogP contribution is -2.34. The van der Waals surface area contributed by atoms with Gasteiger partial charge in [-0.05, 0) is 36.4 Å². The number of likely N-dealkylation sites (tertiary alicyclic amines) is 1. The molecule has 132 valence electrons. The molecule has 1 N–H and O–H groups in total. The molecule has 2 fully saturated rings. The minimum absolute atomic E-state index is 0.0128. The third-order valence-corrected chi connectivity index (χ3v) is 5.34. The second kappa shape index (κ2) is 7.31. The number of carbonyl (C=O) groups is 1. The van der Waals surface area contributed by atoms with Crippen molar-refractivity contribution in [1.29, 1.82) is 0 Å². The molecule has 2 saturated heterocycles. The van der Waals surface area contributed by atoms with Gasteiger partial charge in [0.15, 0.2) is 11.6 Å². The van der Waals surface area contributed by atoms with Crippen molar-refractivity contribution in [2.75, 3.05) is 36.4 Å². The smallest absolute Gasteiger partial charge is 0.321 e. The van der Waals surface area contributed by atoms with Crippen LogP contribution in [0, 0.1) is 0 Å². The summed E-state index contributed by atoms with van der Waals surface area (Å²) < 4.78 is 6.21. The maximum atomic E-state index is 12.3. The number of hydrogen-bond donors (Lipinski definition) is 1. The van der Waals surface area contributed by atoms with Gasteiger partial charge in [0.05, 0.1) is 12.2 Å². The number of pyridine rings is 1. The Hall–Kier alpha value is -2.28. The third kappa shape index (κ3) is 3.71. The first kappa shape index (κ1) is 16.2. The van der Waals surface area contributed by atoms with Gasteiger partial charge in [-0.3, -0.25) is 0 Å². The summed E-state index contributed by atoms with van der Waals surface area (Å²) >= 11 is 1.57. The minimum Gasteiger partial charge on any atom is -0.485 e. The Balaban J connectivity index is 1.37. The highest BCUT2D eigenvalue weighted by Gasteiger charge is 2.29. The highest BCUT2D eigenvalue weighted by Crippen LogP contribution is 2.30. The van der Waals surface area contributed by atoms with Gasteiger partial charge in [0.2, 0.25) is 0 Å². The van der Waals surface area contributed by atoms with Crippen molar-refractivity contribution in [3.05, 3.63) is 35.2 Å². The number of nitrogens with one attached hydrogen (secondary N) is 1. The Kier molecular flexibility index (Phi) is 4.74. The molecule has 2 aromatic heterocycles. The molecule has 1 atom stereocenters. The molecule has 0 bridgehead atoms. The predicted octanol–water partition coefficient (Wildman–Crippen LogP) is 3.43. The molecular formula is C18H22N4O2S. The first-order valence-corrected chi connectivity index (χ1v) is 9.68. The van der Waals surface area contributed by atoms with Gasteiger partial charge in [0.25, 0.3) is 0 Å². The average Bonchev–Trinajstić information content (AvgIpc) is 3.38. The first-order chi connectivity index (χ1) is 12.3. The Morgan fingerprint density at radius 3 is 2.96 bits per heavy atom. The van der Waals surface area contributed by atoms with E-state index in [1.54, 1.807) is 11.3 Å². The monoisotopic (exact) mass is 358 g/mol. The van der Waals surface area contributed by atoms with Crippen LogP contribution in [0.25, 0.3) is 0 Å². The molecule has 0 aliphatic carbocycles. The molecule has 2 amide bonds. The number of urea groups is 1. The Bertz CT molecular complexity index is 716. The van der Waals surface area contributed by atoms with Gasteiger partial charge in [-0.1, -0.05) is 0 Å². The van der Waals surface area contributed by atoms with E-state index in [1.807, 2.05) is 40.1 Å². The molecule has 0 saturated carbocycles. The second-order valence-electron chi connectivity index (χ2n) is 6.44. The molecule has 2 aliphatic rings. The summed E-state index contributed by atoms with van der Waals surface area (Å²) in [6.45, 7) is 3.38. The Morgan fingerprint density at radius 1 is 1.28 bits per heavy atom. The summed E-state index contributed by atoms with van der Waals surface area (Å²) in [6.07, 6.45) is 5.08. The van der Waals surface area contributed by atoms with E-state index in [-0.39, 0.29) is 12.1 Å². The van der Waals surface area contributed by atoms with E-state index >= 15 is 0 Å². The van der Waals surface area contributed by atoms with Crippen LogP contribution in [-0.4, -0.2) is 48.2 Å². The number of carbonyl (C=O) groups excluding carboxylic acids is 1. The summed E-state index contributed by atoms with van der Waals surface area (Å²) in [7, 11) is 0. The molecule has 25 heavy (non-hydrogen) atoms. The van der Waals surface area contributed by atoms with Crippen LogP contribution in [0.2, 0.25) is 0 Å². The van der Waals surface area contributed by atoms with Gasteiger partial charge in [-0.2, -0.15) is 11.3 Å². The van der Waals surface area contributed by atoms with E-state index in [1.165, 1.54) is 12.8 Å². The van der Waals surface area contributed by atoms with Gasteiger partial charge < -0.3 is 19.9 Å². The molecule has 0 radical (unpaired) electrons. The number of aromatic nitrogens is 1. The van der Waals surface area contributed by atoms with Crippen molar-refractivity contribution in [3.8, 4) is 5.75 Å². The number of amides is 2. The van der Waals surface area contributed by atoms with E-state index in [0.29, 0.717) is 13.1 Å². The van der Waals surface area contributed by atoms with Gasteiger partial charge in [0, 0.05) is 37.6 Å². The molecule has 0 spiro atoms. The van der Waals surface area contributed by atoms with Crippen LogP contribution in [0.1, 0.15) is 19.3 Å². The fourth-order valence-corrected chi connectivity index (χ4v) is 3.96. The lowest BCUT2D eigenvalue weighted by Gasteiger charge is -2.22. The fraction of sp³-hybridized carbons (Fsp3) is 0.444. The lowest BCUT2D eigenvalue weighted by atomic mass is 10.3. The minimum atomic E-state index is -0.0598. The van der Waals surface area contributed by atoms with Crippen LogP contribution in [0.4, 0.5) is 16.3 Å². The number of thiophene rings is 1. The van der Waals surface area contributed by atoms with Crippen molar-refractivity contribution in [2.24, 2.45) is 0 Å². The molecule has 6 nitrogen and oxygen atoms in total. The maximum Gasteiger partial charge on any atom is 0.321 e. The molecule has 0 aromatic carbocycles. The summed E-state index contributed by atoms with van der Waals surface area (Å²) in [5.41, 5.74) is 0.850. The quantitative estimate of drug-likeness (QED) is 0.910. The van der Waals surface area contributed by atoms with Crippen molar-refractivity contribution < 1.29 is 9.53 Å². The van der Waals surface area contributed by atoms with Gasteiger partial charge in [0.1, 0.15) is 6.10 Å². The van der Waals surface area contributed by atoms with Crippen LogP contribution in [0.3, 0.4) is 0 Å². The molecule has 4 heterocycles. The fourth-order valence-electron chi connectivity index (χ4n) is 3.37. The molecule has 2 aromatic rings. The second-order valence-corrected chi connectivity index (χ2v) is 7.22. The maximum absolute atomic E-state index is 12.3. The molecule has 0 unspecified atom stereocenters. The standard InChI is InChI=1S/C18H22N4O2S/c23-18(20-14-6-11-25-13-14)22-10-5-15(12-22)24-16-4-3-7-19-17(16)21-8-1-2-9-21/h3-4,6-7,11,13,15H,1-2,5,8-10,12H2,(H,20,23)/t15-/m1/s1. The lowest BCUT2D eigenvalue weighted by molar-refractivity contribution is 0.195. The van der Waals surface area contributed by atoms with Crippen LogP contribution in [-0.2, 0) is 0 Å². The number of rotatable bonds is 4. The molecule has 2 aliphatic heterocycles. The molecule has 4 rings (SSSR count). The van der Waals surface area contributed by atoms with E-state index in [9.17, 15) is 4.79 Å². The Labute approximate surface area is 151 Å². The van der Waals surface area contributed by atoms with E-state index in [4.69, 9.17) is 4.74 Å². The number of hydrogen-bond acceptors (Lipinski definition) is 5.